The third kappa shape index (κ3) is 3.83. The van der Waals surface area contributed by atoms with Gasteiger partial charge in [-0.05, 0) is 13.5 Å². The largest absolute Gasteiger partial charge is 0.455 e. The van der Waals surface area contributed by atoms with Crippen LogP contribution >= 0.6 is 0 Å². The van der Waals surface area contributed by atoms with Crippen LogP contribution < -0.4 is 15.8 Å². The van der Waals surface area contributed by atoms with Gasteiger partial charge in [0.15, 0.2) is 5.76 Å². The van der Waals surface area contributed by atoms with Gasteiger partial charge in [0.1, 0.15) is 10.7 Å². The lowest BCUT2D eigenvalue weighted by molar-refractivity contribution is 0.0925. The number of carbonyl (C=O) groups is 1. The van der Waals surface area contributed by atoms with Gasteiger partial charge >= 0.3 is 0 Å². The molecule has 0 bridgehead atoms. The van der Waals surface area contributed by atoms with Crippen molar-refractivity contribution in [2.24, 2.45) is 5.14 Å². The summed E-state index contributed by atoms with van der Waals surface area (Å²) >= 11 is 0. The molecule has 1 aromatic rings. The molecule has 0 aliphatic rings. The van der Waals surface area contributed by atoms with Crippen molar-refractivity contribution >= 4 is 15.9 Å². The molecule has 7 nitrogen and oxygen atoms in total. The maximum Gasteiger partial charge on any atom is 0.287 e. The SMILES string of the molecule is CCNCCNC(=O)c1cc(S(N)(=O)=O)c(C)o1. The van der Waals surface area contributed by atoms with Crippen molar-refractivity contribution in [3.63, 3.8) is 0 Å². The predicted molar refractivity (Wildman–Crippen MR) is 65.7 cm³/mol. The molecule has 102 valence electrons. The summed E-state index contributed by atoms with van der Waals surface area (Å²) in [4.78, 5) is 11.5. The Bertz CT molecular complexity index is 521. The fourth-order valence-corrected chi connectivity index (χ4v) is 2.10. The van der Waals surface area contributed by atoms with Gasteiger partial charge in [0.05, 0.1) is 0 Å². The van der Waals surface area contributed by atoms with Crippen molar-refractivity contribution in [1.82, 2.24) is 10.6 Å². The molecule has 0 atom stereocenters. The van der Waals surface area contributed by atoms with Crippen LogP contribution in [-0.2, 0) is 10.0 Å². The minimum atomic E-state index is -3.86. The summed E-state index contributed by atoms with van der Waals surface area (Å²) in [6, 6.07) is 1.13. The Morgan fingerprint density at radius 3 is 2.61 bits per heavy atom. The minimum Gasteiger partial charge on any atom is -0.455 e. The molecule has 0 aliphatic carbocycles. The Labute approximate surface area is 106 Å². The molecule has 0 spiro atoms. The van der Waals surface area contributed by atoms with E-state index in [9.17, 15) is 13.2 Å². The molecular weight excluding hydrogens is 258 g/mol. The third-order valence-corrected chi connectivity index (χ3v) is 3.26. The number of hydrogen-bond donors (Lipinski definition) is 3. The predicted octanol–water partition coefficient (Wildman–Crippen LogP) is -0.425. The Morgan fingerprint density at radius 1 is 1.44 bits per heavy atom. The lowest BCUT2D eigenvalue weighted by Crippen LogP contribution is -2.31. The molecular formula is C10H17N3O4S. The van der Waals surface area contributed by atoms with E-state index in [2.05, 4.69) is 10.6 Å². The second kappa shape index (κ2) is 5.98. The molecule has 1 amide bonds. The third-order valence-electron chi connectivity index (χ3n) is 2.24. The first-order chi connectivity index (χ1) is 8.36. The highest BCUT2D eigenvalue weighted by Gasteiger charge is 2.20. The molecule has 0 aliphatic heterocycles. The maximum atomic E-state index is 11.6. The normalized spacial score (nSPS) is 11.5. The van der Waals surface area contributed by atoms with Crippen molar-refractivity contribution < 1.29 is 17.6 Å². The lowest BCUT2D eigenvalue weighted by atomic mass is 10.4. The van der Waals surface area contributed by atoms with Crippen LogP contribution in [0.5, 0.6) is 0 Å². The quantitative estimate of drug-likeness (QED) is 0.610. The van der Waals surface area contributed by atoms with Crippen LogP contribution in [0.4, 0.5) is 0 Å². The van der Waals surface area contributed by atoms with E-state index >= 15 is 0 Å². The second-order valence-electron chi connectivity index (χ2n) is 3.69. The number of furan rings is 1. The minimum absolute atomic E-state index is 0.0620. The van der Waals surface area contributed by atoms with Gasteiger partial charge in [-0.25, -0.2) is 13.6 Å². The van der Waals surface area contributed by atoms with E-state index in [0.29, 0.717) is 13.1 Å². The zero-order valence-electron chi connectivity index (χ0n) is 10.3. The van der Waals surface area contributed by atoms with E-state index in [0.717, 1.165) is 12.6 Å². The van der Waals surface area contributed by atoms with Gasteiger partial charge in [0, 0.05) is 19.2 Å². The standard InChI is InChI=1S/C10H17N3O4S/c1-3-12-4-5-13-10(14)8-6-9(7(2)17-8)18(11,15)16/h6,12H,3-5H2,1-2H3,(H,13,14)(H2,11,15,16). The average Bonchev–Trinajstić information content (AvgIpc) is 2.66. The second-order valence-corrected chi connectivity index (χ2v) is 5.22. The van der Waals surface area contributed by atoms with Crippen molar-refractivity contribution in [1.29, 1.82) is 0 Å². The van der Waals surface area contributed by atoms with E-state index in [4.69, 9.17) is 9.56 Å². The molecule has 0 unspecified atom stereocenters. The number of rotatable bonds is 6. The highest BCUT2D eigenvalue weighted by atomic mass is 32.2. The number of nitrogens with two attached hydrogens (primary N) is 1. The monoisotopic (exact) mass is 275 g/mol. The number of hydrogen-bond acceptors (Lipinski definition) is 5. The van der Waals surface area contributed by atoms with Gasteiger partial charge < -0.3 is 15.1 Å². The summed E-state index contributed by atoms with van der Waals surface area (Å²) in [6.07, 6.45) is 0. The molecule has 1 aromatic heterocycles. The number of sulfonamides is 1. The summed E-state index contributed by atoms with van der Waals surface area (Å²) < 4.78 is 27.4. The number of aryl methyl sites for hydroxylation is 1. The molecule has 4 N–H and O–H groups in total. The van der Waals surface area contributed by atoms with Crippen LogP contribution in [0.25, 0.3) is 0 Å². The topological polar surface area (TPSA) is 114 Å². The summed E-state index contributed by atoms with van der Waals surface area (Å²) in [7, 11) is -3.86. The molecule has 0 radical (unpaired) electrons. The van der Waals surface area contributed by atoms with E-state index in [1.54, 1.807) is 0 Å². The Morgan fingerprint density at radius 2 is 2.11 bits per heavy atom. The number of amides is 1. The fraction of sp³-hybridized carbons (Fsp3) is 0.500. The zero-order valence-corrected chi connectivity index (χ0v) is 11.1. The Hall–Kier alpha value is -1.38. The molecule has 1 rings (SSSR count). The van der Waals surface area contributed by atoms with Crippen LogP contribution in [-0.4, -0.2) is 34.0 Å². The average molecular weight is 275 g/mol. The highest BCUT2D eigenvalue weighted by molar-refractivity contribution is 7.89. The molecule has 1 heterocycles. The highest BCUT2D eigenvalue weighted by Crippen LogP contribution is 2.18. The van der Waals surface area contributed by atoms with Crippen LogP contribution in [0.3, 0.4) is 0 Å². The lowest BCUT2D eigenvalue weighted by Gasteiger charge is -2.02. The van der Waals surface area contributed by atoms with Crippen molar-refractivity contribution in [3.05, 3.63) is 17.6 Å². The van der Waals surface area contributed by atoms with Crippen LogP contribution in [0.1, 0.15) is 23.2 Å². The van der Waals surface area contributed by atoms with Crippen molar-refractivity contribution in [2.45, 2.75) is 18.7 Å². The van der Waals surface area contributed by atoms with E-state index in [-0.39, 0.29) is 16.4 Å². The van der Waals surface area contributed by atoms with Crippen LogP contribution in [0.15, 0.2) is 15.4 Å². The van der Waals surface area contributed by atoms with E-state index in [1.165, 1.54) is 6.92 Å². The number of primary sulfonamides is 1. The first-order valence-corrected chi connectivity index (χ1v) is 7.03. The molecule has 18 heavy (non-hydrogen) atoms. The fourth-order valence-electron chi connectivity index (χ4n) is 1.39. The molecule has 0 fully saturated rings. The van der Waals surface area contributed by atoms with Gasteiger partial charge in [-0.3, -0.25) is 4.79 Å². The maximum absolute atomic E-state index is 11.6. The van der Waals surface area contributed by atoms with Gasteiger partial charge in [-0.2, -0.15) is 0 Å². The number of likely N-dealkylation sites (N-methyl/N-ethyl adjacent to an activating group) is 1. The summed E-state index contributed by atoms with van der Waals surface area (Å²) in [5, 5.41) is 10.6. The summed E-state index contributed by atoms with van der Waals surface area (Å²) in [5.74, 6) is -0.423. The summed E-state index contributed by atoms with van der Waals surface area (Å²) in [5.41, 5.74) is 0. The van der Waals surface area contributed by atoms with E-state index < -0.39 is 15.9 Å². The van der Waals surface area contributed by atoms with Crippen molar-refractivity contribution in [3.8, 4) is 0 Å². The molecule has 0 aromatic carbocycles. The van der Waals surface area contributed by atoms with Gasteiger partial charge in [-0.1, -0.05) is 6.92 Å². The molecule has 0 saturated carbocycles. The van der Waals surface area contributed by atoms with Crippen molar-refractivity contribution in [2.75, 3.05) is 19.6 Å². The van der Waals surface area contributed by atoms with Crippen LogP contribution in [0.2, 0.25) is 0 Å². The smallest absolute Gasteiger partial charge is 0.287 e. The first kappa shape index (κ1) is 14.7. The number of carbonyl (C=O) groups excluding carboxylic acids is 1. The Kier molecular flexibility index (Phi) is 4.88. The van der Waals surface area contributed by atoms with Gasteiger partial charge in [-0.15, -0.1) is 0 Å². The van der Waals surface area contributed by atoms with Crippen LogP contribution in [0, 0.1) is 6.92 Å². The first-order valence-electron chi connectivity index (χ1n) is 5.48. The zero-order chi connectivity index (χ0) is 13.8. The molecule has 8 heteroatoms. The van der Waals surface area contributed by atoms with Gasteiger partial charge in [0.25, 0.3) is 5.91 Å². The molecule has 0 saturated heterocycles. The Balaban J connectivity index is 2.71. The summed E-state index contributed by atoms with van der Waals surface area (Å²) in [6.45, 7) is 5.26. The number of nitrogens with one attached hydrogen (secondary N) is 2. The van der Waals surface area contributed by atoms with Gasteiger partial charge in [0.2, 0.25) is 10.0 Å². The van der Waals surface area contributed by atoms with E-state index in [1.807, 2.05) is 6.92 Å².